The van der Waals surface area contributed by atoms with Gasteiger partial charge in [0, 0.05) is 21.8 Å². The van der Waals surface area contributed by atoms with Crippen LogP contribution in [0.5, 0.6) is 0 Å². The Morgan fingerprint density at radius 3 is 1.67 bits per heavy atom. The van der Waals surface area contributed by atoms with E-state index in [0.717, 1.165) is 39.0 Å². The summed E-state index contributed by atoms with van der Waals surface area (Å²) in [6.07, 6.45) is 0. The Bertz CT molecular complexity index is 2980. The van der Waals surface area contributed by atoms with Crippen molar-refractivity contribution in [3.63, 3.8) is 0 Å². The largest absolute Gasteiger partial charge is 0.454 e. The van der Waals surface area contributed by atoms with Gasteiger partial charge in [0.15, 0.2) is 5.58 Å². The Balaban J connectivity index is 1.27. The predicted molar refractivity (Wildman–Crippen MR) is 229 cm³/mol. The van der Waals surface area contributed by atoms with Gasteiger partial charge >= 0.3 is 0 Å². The number of fused-ring (bicyclic) bond motifs is 8. The number of anilines is 3. The second kappa shape index (κ2) is 12.5. The molecule has 0 bridgehead atoms. The number of rotatable bonds is 6. The highest BCUT2D eigenvalue weighted by Crippen LogP contribution is 2.60. The SMILES string of the molecule is c1ccc(-c2ccc(N(c3cc4c(c5ccccc35)-c3ccccc3C4(c3ccccc3)c3ccccc3)c3cccc4c3oc3ccccc34)cc2)cc1. The highest BCUT2D eigenvalue weighted by atomic mass is 16.3. The van der Waals surface area contributed by atoms with E-state index in [4.69, 9.17) is 4.42 Å². The van der Waals surface area contributed by atoms with Crippen molar-refractivity contribution in [2.75, 3.05) is 4.90 Å². The smallest absolute Gasteiger partial charge is 0.159 e. The van der Waals surface area contributed by atoms with Crippen LogP contribution in [-0.2, 0) is 5.41 Å². The molecule has 0 fully saturated rings. The minimum Gasteiger partial charge on any atom is -0.454 e. The van der Waals surface area contributed by atoms with Crippen LogP contribution in [0.4, 0.5) is 17.1 Å². The molecule has 0 unspecified atom stereocenters. The molecule has 0 spiro atoms. The number of para-hydroxylation sites is 2. The molecule has 258 valence electrons. The lowest BCUT2D eigenvalue weighted by Crippen LogP contribution is -2.28. The third-order valence-corrected chi connectivity index (χ3v) is 11.5. The Morgan fingerprint density at radius 1 is 0.382 bits per heavy atom. The maximum absolute atomic E-state index is 6.79. The van der Waals surface area contributed by atoms with Crippen molar-refractivity contribution in [2.24, 2.45) is 0 Å². The number of nitrogens with zero attached hydrogens (tertiary/aromatic N) is 1. The second-order valence-electron chi connectivity index (χ2n) is 14.4. The molecule has 0 radical (unpaired) electrons. The van der Waals surface area contributed by atoms with Gasteiger partial charge in [0.05, 0.1) is 16.8 Å². The summed E-state index contributed by atoms with van der Waals surface area (Å²) in [4.78, 5) is 2.42. The number of hydrogen-bond donors (Lipinski definition) is 0. The van der Waals surface area contributed by atoms with E-state index in [-0.39, 0.29) is 0 Å². The fraction of sp³-hybridized carbons (Fsp3) is 0.0189. The van der Waals surface area contributed by atoms with Crippen LogP contribution < -0.4 is 4.90 Å². The molecule has 10 aromatic rings. The van der Waals surface area contributed by atoms with Crippen LogP contribution in [0.15, 0.2) is 217 Å². The monoisotopic (exact) mass is 701 g/mol. The van der Waals surface area contributed by atoms with Gasteiger partial charge in [0.25, 0.3) is 0 Å². The lowest BCUT2D eigenvalue weighted by atomic mass is 9.67. The van der Waals surface area contributed by atoms with Crippen LogP contribution in [0.3, 0.4) is 0 Å². The number of furan rings is 1. The average Bonchev–Trinajstić information content (AvgIpc) is 3.80. The van der Waals surface area contributed by atoms with Crippen LogP contribution in [0.2, 0.25) is 0 Å². The van der Waals surface area contributed by atoms with E-state index in [1.54, 1.807) is 0 Å². The molecular weight excluding hydrogens is 667 g/mol. The third-order valence-electron chi connectivity index (χ3n) is 11.5. The molecule has 1 heterocycles. The summed E-state index contributed by atoms with van der Waals surface area (Å²) < 4.78 is 6.79. The molecule has 55 heavy (non-hydrogen) atoms. The zero-order chi connectivity index (χ0) is 36.3. The van der Waals surface area contributed by atoms with E-state index in [1.165, 1.54) is 55.3 Å². The summed E-state index contributed by atoms with van der Waals surface area (Å²) in [6.45, 7) is 0. The van der Waals surface area contributed by atoms with Crippen molar-refractivity contribution in [3.8, 4) is 22.3 Å². The van der Waals surface area contributed by atoms with Crippen molar-refractivity contribution < 1.29 is 4.42 Å². The summed E-state index contributed by atoms with van der Waals surface area (Å²) >= 11 is 0. The van der Waals surface area contributed by atoms with E-state index in [9.17, 15) is 0 Å². The van der Waals surface area contributed by atoms with Crippen LogP contribution in [0, 0.1) is 0 Å². The predicted octanol–water partition coefficient (Wildman–Crippen LogP) is 14.2. The van der Waals surface area contributed by atoms with Crippen molar-refractivity contribution in [2.45, 2.75) is 5.41 Å². The van der Waals surface area contributed by atoms with Gasteiger partial charge in [-0.25, -0.2) is 0 Å². The standard InChI is InChI=1S/C53H35NO/c1-4-17-36(18-5-1)37-31-33-40(34-32-37)54(48-29-16-27-44-42-24-13-15-30-50(42)55-52(44)48)49-35-47-51(43-25-11-10-23-41(43)49)45-26-12-14-28-46(45)53(47,38-19-6-2-7-20-38)39-21-8-3-9-22-39/h1-35H. The molecule has 9 aromatic carbocycles. The molecule has 11 rings (SSSR count). The average molecular weight is 702 g/mol. The fourth-order valence-electron chi connectivity index (χ4n) is 9.22. The molecule has 0 atom stereocenters. The maximum atomic E-state index is 6.79. The molecule has 0 N–H and O–H groups in total. The molecule has 1 aromatic heterocycles. The highest BCUT2D eigenvalue weighted by molar-refractivity contribution is 6.14. The van der Waals surface area contributed by atoms with E-state index < -0.39 is 5.41 Å². The Hall–Kier alpha value is -7.16. The van der Waals surface area contributed by atoms with Gasteiger partial charge in [-0.2, -0.15) is 0 Å². The van der Waals surface area contributed by atoms with Crippen LogP contribution >= 0.6 is 0 Å². The van der Waals surface area contributed by atoms with Crippen molar-refractivity contribution >= 4 is 49.8 Å². The molecule has 1 aliphatic rings. The molecule has 0 saturated carbocycles. The molecule has 0 aliphatic heterocycles. The van der Waals surface area contributed by atoms with E-state index in [0.29, 0.717) is 0 Å². The first-order chi connectivity index (χ1) is 27.3. The minimum absolute atomic E-state index is 0.554. The fourth-order valence-corrected chi connectivity index (χ4v) is 9.22. The van der Waals surface area contributed by atoms with Gasteiger partial charge in [0.1, 0.15) is 5.58 Å². The Morgan fingerprint density at radius 2 is 0.945 bits per heavy atom. The minimum atomic E-state index is -0.554. The summed E-state index contributed by atoms with van der Waals surface area (Å²) in [5.74, 6) is 0. The lowest BCUT2D eigenvalue weighted by Gasteiger charge is -2.35. The topological polar surface area (TPSA) is 16.4 Å². The second-order valence-corrected chi connectivity index (χ2v) is 14.4. The van der Waals surface area contributed by atoms with E-state index >= 15 is 0 Å². The first-order valence-corrected chi connectivity index (χ1v) is 18.9. The number of hydrogen-bond acceptors (Lipinski definition) is 2. The van der Waals surface area contributed by atoms with Crippen LogP contribution in [-0.4, -0.2) is 0 Å². The molecule has 2 nitrogen and oxygen atoms in total. The first kappa shape index (κ1) is 31.4. The zero-order valence-corrected chi connectivity index (χ0v) is 30.1. The normalized spacial score (nSPS) is 12.9. The van der Waals surface area contributed by atoms with Gasteiger partial charge in [-0.05, 0) is 80.2 Å². The quantitative estimate of drug-likeness (QED) is 0.172. The first-order valence-electron chi connectivity index (χ1n) is 18.9. The van der Waals surface area contributed by atoms with E-state index in [1.807, 2.05) is 6.07 Å². The summed E-state index contributed by atoms with van der Waals surface area (Å²) in [6, 6.07) is 77.0. The highest BCUT2D eigenvalue weighted by Gasteiger charge is 2.47. The zero-order valence-electron chi connectivity index (χ0n) is 30.1. The van der Waals surface area contributed by atoms with Crippen LogP contribution in [0.25, 0.3) is 55.0 Å². The lowest BCUT2D eigenvalue weighted by molar-refractivity contribution is 0.669. The van der Waals surface area contributed by atoms with Crippen molar-refractivity contribution in [3.05, 3.63) is 235 Å². The summed E-state index contributed by atoms with van der Waals surface area (Å²) in [5.41, 5.74) is 14.3. The molecule has 2 heteroatoms. The molecule has 0 amide bonds. The van der Waals surface area contributed by atoms with Gasteiger partial charge in [-0.1, -0.05) is 182 Å². The van der Waals surface area contributed by atoms with Gasteiger partial charge in [-0.3, -0.25) is 0 Å². The van der Waals surface area contributed by atoms with Crippen LogP contribution in [0.1, 0.15) is 22.3 Å². The third kappa shape index (κ3) is 4.68. The Kier molecular flexibility index (Phi) is 7.11. The van der Waals surface area contributed by atoms with Gasteiger partial charge in [-0.15, -0.1) is 0 Å². The van der Waals surface area contributed by atoms with Crippen molar-refractivity contribution in [1.29, 1.82) is 0 Å². The summed E-state index contributed by atoms with van der Waals surface area (Å²) in [5, 5.41) is 4.60. The van der Waals surface area contributed by atoms with E-state index in [2.05, 4.69) is 211 Å². The Labute approximate surface area is 320 Å². The maximum Gasteiger partial charge on any atom is 0.159 e. The van der Waals surface area contributed by atoms with Crippen molar-refractivity contribution in [1.82, 2.24) is 0 Å². The molecule has 1 aliphatic carbocycles. The molecular formula is C53H35NO. The van der Waals surface area contributed by atoms with Gasteiger partial charge in [0.2, 0.25) is 0 Å². The molecule has 0 saturated heterocycles. The summed E-state index contributed by atoms with van der Waals surface area (Å²) in [7, 11) is 0. The van der Waals surface area contributed by atoms with Gasteiger partial charge < -0.3 is 9.32 Å². The number of benzene rings is 9.